The third-order valence-corrected chi connectivity index (χ3v) is 4.31. The molecule has 1 amide bonds. The van der Waals surface area contributed by atoms with Crippen LogP contribution in [0.3, 0.4) is 0 Å². The summed E-state index contributed by atoms with van der Waals surface area (Å²) < 4.78 is 5.20. The zero-order valence-electron chi connectivity index (χ0n) is 13.4. The lowest BCUT2D eigenvalue weighted by atomic mass is 10.0. The van der Waals surface area contributed by atoms with E-state index in [4.69, 9.17) is 16.2 Å². The average molecular weight is 336 g/mol. The molecule has 2 unspecified atom stereocenters. The number of benzene rings is 1. The molecule has 0 bridgehead atoms. The highest BCUT2D eigenvalue weighted by Crippen LogP contribution is 2.14. The molecule has 23 heavy (non-hydrogen) atoms. The second-order valence-electron chi connectivity index (χ2n) is 5.35. The molecule has 0 fully saturated rings. The first-order chi connectivity index (χ1) is 10.9. The van der Waals surface area contributed by atoms with Crippen LogP contribution < -0.4 is 11.5 Å². The molecule has 1 aromatic carbocycles. The number of primary amides is 1. The first-order valence-corrected chi connectivity index (χ1v) is 8.61. The van der Waals surface area contributed by atoms with E-state index >= 15 is 0 Å². The lowest BCUT2D eigenvalue weighted by Gasteiger charge is -2.15. The Morgan fingerprint density at radius 1 is 1.35 bits per heavy atom. The van der Waals surface area contributed by atoms with E-state index in [9.17, 15) is 9.59 Å². The predicted molar refractivity (Wildman–Crippen MR) is 95.1 cm³/mol. The van der Waals surface area contributed by atoms with Crippen molar-refractivity contribution >= 4 is 29.7 Å². The molecule has 1 aromatic rings. The van der Waals surface area contributed by atoms with Crippen molar-refractivity contribution < 1.29 is 14.3 Å². The van der Waals surface area contributed by atoms with Gasteiger partial charge in [-0.25, -0.2) is 4.79 Å². The van der Waals surface area contributed by atoms with Gasteiger partial charge in [0.05, 0.1) is 5.56 Å². The minimum Gasteiger partial charge on any atom is -0.461 e. The maximum Gasteiger partial charge on any atom is 0.338 e. The van der Waals surface area contributed by atoms with Crippen LogP contribution >= 0.6 is 11.8 Å². The minimum absolute atomic E-state index is 0.0653. The molecule has 0 saturated carbocycles. The smallest absolute Gasteiger partial charge is 0.338 e. The summed E-state index contributed by atoms with van der Waals surface area (Å²) in [6.07, 6.45) is 2.28. The molecule has 0 aliphatic carbocycles. The second kappa shape index (κ2) is 10.1. The Hall–Kier alpha value is -1.79. The van der Waals surface area contributed by atoms with Gasteiger partial charge in [0.2, 0.25) is 5.91 Å². The largest absolute Gasteiger partial charge is 0.461 e. The number of carbonyl (C=O) groups is 2. The van der Waals surface area contributed by atoms with Gasteiger partial charge < -0.3 is 16.2 Å². The van der Waals surface area contributed by atoms with Crippen LogP contribution in [0.25, 0.3) is 6.08 Å². The lowest BCUT2D eigenvalue weighted by molar-refractivity contribution is -0.121. The number of carbonyl (C=O) groups excluding carboxylic acids is 2. The monoisotopic (exact) mass is 336 g/mol. The van der Waals surface area contributed by atoms with Gasteiger partial charge in [0, 0.05) is 23.5 Å². The molecule has 6 heteroatoms. The maximum absolute atomic E-state index is 11.8. The van der Waals surface area contributed by atoms with Gasteiger partial charge >= 0.3 is 5.97 Å². The Morgan fingerprint density at radius 2 is 2.00 bits per heavy atom. The molecular weight excluding hydrogens is 312 g/mol. The number of ether oxygens (including phenoxy) is 1. The quantitative estimate of drug-likeness (QED) is 0.504. The fourth-order valence-electron chi connectivity index (χ4n) is 1.97. The number of esters is 1. The molecule has 1 rings (SSSR count). The van der Waals surface area contributed by atoms with Gasteiger partial charge in [0.25, 0.3) is 0 Å². The van der Waals surface area contributed by atoms with Gasteiger partial charge in [-0.15, -0.1) is 0 Å². The van der Waals surface area contributed by atoms with E-state index in [2.05, 4.69) is 6.58 Å². The summed E-state index contributed by atoms with van der Waals surface area (Å²) in [4.78, 5) is 23.2. The standard InChI is InChI=1S/C17H24N2O3S/c1-3-13-4-6-14(7-5-13)17(21)22-8-9-23-11-15(16(19)20)10-12(2)18/h3-7,12,15H,1,8-11,18H2,2H3,(H2,19,20). The zero-order valence-corrected chi connectivity index (χ0v) is 14.2. The number of rotatable bonds is 10. The van der Waals surface area contributed by atoms with Crippen molar-refractivity contribution in [3.8, 4) is 0 Å². The Bertz CT molecular complexity index is 529. The van der Waals surface area contributed by atoms with Gasteiger partial charge in [-0.3, -0.25) is 4.79 Å². The number of thioether (sulfide) groups is 1. The Morgan fingerprint density at radius 3 is 2.52 bits per heavy atom. The van der Waals surface area contributed by atoms with E-state index in [1.807, 2.05) is 19.1 Å². The first-order valence-electron chi connectivity index (χ1n) is 7.46. The van der Waals surface area contributed by atoms with Crippen molar-refractivity contribution in [2.24, 2.45) is 17.4 Å². The molecule has 0 spiro atoms. The summed E-state index contributed by atoms with van der Waals surface area (Å²) in [7, 11) is 0. The van der Waals surface area contributed by atoms with Crippen molar-refractivity contribution in [1.29, 1.82) is 0 Å². The van der Waals surface area contributed by atoms with Crippen LogP contribution in [0, 0.1) is 5.92 Å². The summed E-state index contributed by atoms with van der Waals surface area (Å²) in [5, 5.41) is 0. The van der Waals surface area contributed by atoms with Crippen LogP contribution in [0.2, 0.25) is 0 Å². The van der Waals surface area contributed by atoms with E-state index in [0.717, 1.165) is 5.56 Å². The summed E-state index contributed by atoms with van der Waals surface area (Å²) in [5.41, 5.74) is 12.5. The van der Waals surface area contributed by atoms with Crippen molar-refractivity contribution in [3.63, 3.8) is 0 Å². The van der Waals surface area contributed by atoms with Crippen LogP contribution in [-0.2, 0) is 9.53 Å². The maximum atomic E-state index is 11.8. The van der Waals surface area contributed by atoms with Crippen molar-refractivity contribution in [2.45, 2.75) is 19.4 Å². The fraction of sp³-hybridized carbons (Fsp3) is 0.412. The lowest BCUT2D eigenvalue weighted by Crippen LogP contribution is -2.31. The topological polar surface area (TPSA) is 95.4 Å². The fourth-order valence-corrected chi connectivity index (χ4v) is 2.93. The molecule has 5 nitrogen and oxygen atoms in total. The molecule has 0 aliphatic rings. The highest BCUT2D eigenvalue weighted by molar-refractivity contribution is 7.99. The molecule has 126 valence electrons. The van der Waals surface area contributed by atoms with Crippen LogP contribution in [-0.4, -0.2) is 36.0 Å². The third-order valence-electron chi connectivity index (χ3n) is 3.22. The van der Waals surface area contributed by atoms with E-state index < -0.39 is 0 Å². The second-order valence-corrected chi connectivity index (χ2v) is 6.50. The number of hydrogen-bond acceptors (Lipinski definition) is 5. The molecular formula is C17H24N2O3S. The van der Waals surface area contributed by atoms with Gasteiger partial charge in [-0.2, -0.15) is 11.8 Å². The molecule has 2 atom stereocenters. The number of hydrogen-bond donors (Lipinski definition) is 2. The van der Waals surface area contributed by atoms with Crippen LogP contribution in [0.15, 0.2) is 30.8 Å². The zero-order chi connectivity index (χ0) is 17.2. The average Bonchev–Trinajstić information content (AvgIpc) is 2.52. The van der Waals surface area contributed by atoms with Crippen LogP contribution in [0.1, 0.15) is 29.3 Å². The number of amides is 1. The first kappa shape index (κ1) is 19.3. The molecule has 0 heterocycles. The van der Waals surface area contributed by atoms with Crippen molar-refractivity contribution in [2.75, 3.05) is 18.1 Å². The van der Waals surface area contributed by atoms with Gasteiger partial charge in [0.15, 0.2) is 0 Å². The molecule has 4 N–H and O–H groups in total. The summed E-state index contributed by atoms with van der Waals surface area (Å²) in [6, 6.07) is 6.97. The predicted octanol–water partition coefficient (Wildman–Crippen LogP) is 2.06. The summed E-state index contributed by atoms with van der Waals surface area (Å²) in [6.45, 7) is 5.80. The van der Waals surface area contributed by atoms with E-state index in [0.29, 0.717) is 23.5 Å². The Kier molecular flexibility index (Phi) is 8.43. The van der Waals surface area contributed by atoms with Gasteiger partial charge in [0.1, 0.15) is 6.61 Å². The van der Waals surface area contributed by atoms with E-state index in [1.165, 1.54) is 11.8 Å². The molecule has 0 saturated heterocycles. The molecule has 0 radical (unpaired) electrons. The Balaban J connectivity index is 2.29. The van der Waals surface area contributed by atoms with Crippen molar-refractivity contribution in [3.05, 3.63) is 42.0 Å². The van der Waals surface area contributed by atoms with E-state index in [1.54, 1.807) is 18.2 Å². The molecule has 0 aliphatic heterocycles. The van der Waals surface area contributed by atoms with Crippen LogP contribution in [0.4, 0.5) is 0 Å². The van der Waals surface area contributed by atoms with Crippen LogP contribution in [0.5, 0.6) is 0 Å². The normalized spacial score (nSPS) is 13.1. The van der Waals surface area contributed by atoms with Crippen molar-refractivity contribution in [1.82, 2.24) is 0 Å². The summed E-state index contributed by atoms with van der Waals surface area (Å²) in [5.74, 6) is 0.251. The summed E-state index contributed by atoms with van der Waals surface area (Å²) >= 11 is 1.53. The van der Waals surface area contributed by atoms with Gasteiger partial charge in [-0.05, 0) is 31.0 Å². The number of nitrogens with two attached hydrogens (primary N) is 2. The SMILES string of the molecule is C=Cc1ccc(C(=O)OCCSCC(CC(C)N)C(N)=O)cc1. The highest BCUT2D eigenvalue weighted by atomic mass is 32.2. The highest BCUT2D eigenvalue weighted by Gasteiger charge is 2.17. The minimum atomic E-state index is -0.358. The Labute approximate surface area is 141 Å². The van der Waals surface area contributed by atoms with Gasteiger partial charge in [-0.1, -0.05) is 24.8 Å². The third kappa shape index (κ3) is 7.34. The van der Waals surface area contributed by atoms with E-state index in [-0.39, 0.29) is 30.4 Å². The molecule has 0 aromatic heterocycles.